The average molecular weight is 270 g/mol. The molecule has 1 aromatic carbocycles. The van der Waals surface area contributed by atoms with Crippen LogP contribution in [-0.2, 0) is 6.18 Å². The van der Waals surface area contributed by atoms with Crippen molar-refractivity contribution in [3.8, 4) is 5.69 Å². The van der Waals surface area contributed by atoms with Crippen molar-refractivity contribution < 1.29 is 23.1 Å². The lowest BCUT2D eigenvalue weighted by molar-refractivity contribution is -0.143. The van der Waals surface area contributed by atoms with Crippen molar-refractivity contribution in [2.75, 3.05) is 0 Å². The van der Waals surface area contributed by atoms with Crippen LogP contribution < -0.4 is 0 Å². The predicted molar refractivity (Wildman–Crippen MR) is 60.3 cm³/mol. The number of carboxylic acid groups (broad SMARTS) is 1. The van der Waals surface area contributed by atoms with Crippen molar-refractivity contribution in [2.24, 2.45) is 0 Å². The molecule has 1 N–H and O–H groups in total. The summed E-state index contributed by atoms with van der Waals surface area (Å²) in [6.45, 7) is 1.62. The molecule has 7 heteroatoms. The van der Waals surface area contributed by atoms with E-state index in [1.165, 1.54) is 6.07 Å². The van der Waals surface area contributed by atoms with Gasteiger partial charge in [0.1, 0.15) is 5.56 Å². The highest BCUT2D eigenvalue weighted by atomic mass is 19.4. The second-order valence-corrected chi connectivity index (χ2v) is 3.91. The van der Waals surface area contributed by atoms with Gasteiger partial charge in [0, 0.05) is 0 Å². The zero-order chi connectivity index (χ0) is 14.2. The van der Waals surface area contributed by atoms with Crippen molar-refractivity contribution in [3.05, 3.63) is 47.3 Å². The zero-order valence-electron chi connectivity index (χ0n) is 9.77. The van der Waals surface area contributed by atoms with E-state index in [2.05, 4.69) is 5.10 Å². The molecule has 0 spiro atoms. The highest BCUT2D eigenvalue weighted by Crippen LogP contribution is 2.34. The Morgan fingerprint density at radius 3 is 2.47 bits per heavy atom. The topological polar surface area (TPSA) is 55.1 Å². The van der Waals surface area contributed by atoms with E-state index in [-0.39, 0.29) is 5.69 Å². The number of nitrogens with zero attached hydrogens (tertiary/aromatic N) is 2. The van der Waals surface area contributed by atoms with Crippen LogP contribution in [0.15, 0.2) is 30.5 Å². The Morgan fingerprint density at radius 2 is 1.95 bits per heavy atom. The smallest absolute Gasteiger partial charge is 0.434 e. The molecule has 0 bridgehead atoms. The van der Waals surface area contributed by atoms with Gasteiger partial charge in [0.05, 0.1) is 11.9 Å². The summed E-state index contributed by atoms with van der Waals surface area (Å²) < 4.78 is 39.6. The van der Waals surface area contributed by atoms with E-state index in [0.717, 1.165) is 0 Å². The molecular weight excluding hydrogens is 261 g/mol. The Balaban J connectivity index is 2.73. The zero-order valence-corrected chi connectivity index (χ0v) is 9.77. The number of aryl methyl sites for hydroxylation is 1. The van der Waals surface area contributed by atoms with Crippen LogP contribution in [0.1, 0.15) is 21.6 Å². The number of alkyl halides is 3. The lowest BCUT2D eigenvalue weighted by Gasteiger charge is -2.13. The Kier molecular flexibility index (Phi) is 3.05. The standard InChI is InChI=1S/C12H9F3N2O2/c1-7-4-2-3-5-9(7)17-10(12(13,14)15)8(6-16-17)11(18)19/h2-6H,1H3,(H,18,19). The summed E-state index contributed by atoms with van der Waals surface area (Å²) in [7, 11) is 0. The lowest BCUT2D eigenvalue weighted by atomic mass is 10.2. The minimum absolute atomic E-state index is 0.197. The number of rotatable bonds is 2. The van der Waals surface area contributed by atoms with Crippen LogP contribution in [0, 0.1) is 6.92 Å². The van der Waals surface area contributed by atoms with E-state index in [4.69, 9.17) is 5.11 Å². The van der Waals surface area contributed by atoms with Crippen molar-refractivity contribution in [3.63, 3.8) is 0 Å². The van der Waals surface area contributed by atoms with Gasteiger partial charge in [-0.05, 0) is 18.6 Å². The Hall–Kier alpha value is -2.31. The van der Waals surface area contributed by atoms with Gasteiger partial charge in [0.15, 0.2) is 5.69 Å². The first-order valence-electron chi connectivity index (χ1n) is 5.27. The molecule has 0 aliphatic carbocycles. The van der Waals surface area contributed by atoms with Crippen molar-refractivity contribution in [1.29, 1.82) is 0 Å². The van der Waals surface area contributed by atoms with Crippen LogP contribution in [-0.4, -0.2) is 20.9 Å². The molecule has 2 rings (SSSR count). The number of hydrogen-bond donors (Lipinski definition) is 1. The number of carboxylic acids is 1. The fourth-order valence-electron chi connectivity index (χ4n) is 1.76. The van der Waals surface area contributed by atoms with Crippen LogP contribution in [0.4, 0.5) is 13.2 Å². The largest absolute Gasteiger partial charge is 0.478 e. The van der Waals surface area contributed by atoms with E-state index in [1.807, 2.05) is 0 Å². The van der Waals surface area contributed by atoms with Gasteiger partial charge in [-0.1, -0.05) is 18.2 Å². The molecule has 100 valence electrons. The van der Waals surface area contributed by atoms with Crippen LogP contribution in [0.2, 0.25) is 0 Å². The molecule has 1 heterocycles. The van der Waals surface area contributed by atoms with Crippen LogP contribution in [0.25, 0.3) is 5.69 Å². The number of halogens is 3. The molecule has 0 aliphatic heterocycles. The highest BCUT2D eigenvalue weighted by molar-refractivity contribution is 5.89. The first-order valence-corrected chi connectivity index (χ1v) is 5.27. The van der Waals surface area contributed by atoms with E-state index < -0.39 is 23.4 Å². The SMILES string of the molecule is Cc1ccccc1-n1ncc(C(=O)O)c1C(F)(F)F. The second kappa shape index (κ2) is 4.42. The molecule has 0 saturated carbocycles. The second-order valence-electron chi connectivity index (χ2n) is 3.91. The summed E-state index contributed by atoms with van der Waals surface area (Å²) >= 11 is 0. The Bertz CT molecular complexity index is 632. The van der Waals surface area contributed by atoms with Gasteiger partial charge in [0.2, 0.25) is 0 Å². The van der Waals surface area contributed by atoms with Gasteiger partial charge in [-0.15, -0.1) is 0 Å². The lowest BCUT2D eigenvalue weighted by Crippen LogP contribution is -2.17. The number of para-hydroxylation sites is 1. The molecule has 2 aromatic rings. The van der Waals surface area contributed by atoms with Gasteiger partial charge in [-0.3, -0.25) is 0 Å². The van der Waals surface area contributed by atoms with Gasteiger partial charge in [-0.2, -0.15) is 18.3 Å². The molecule has 0 saturated heterocycles. The molecular formula is C12H9F3N2O2. The van der Waals surface area contributed by atoms with E-state index in [9.17, 15) is 18.0 Å². The molecule has 0 amide bonds. The van der Waals surface area contributed by atoms with Crippen molar-refractivity contribution in [2.45, 2.75) is 13.1 Å². The van der Waals surface area contributed by atoms with Gasteiger partial charge in [0.25, 0.3) is 0 Å². The number of benzene rings is 1. The Labute approximate surface area is 106 Å². The maximum absolute atomic E-state index is 13.0. The van der Waals surface area contributed by atoms with Gasteiger partial charge in [-0.25, -0.2) is 9.48 Å². The summed E-state index contributed by atoms with van der Waals surface area (Å²) in [6, 6.07) is 6.30. The molecule has 1 aromatic heterocycles. The van der Waals surface area contributed by atoms with E-state index in [0.29, 0.717) is 16.4 Å². The molecule has 0 radical (unpaired) electrons. The minimum atomic E-state index is -4.80. The molecule has 19 heavy (non-hydrogen) atoms. The maximum Gasteiger partial charge on any atom is 0.434 e. The Morgan fingerprint density at radius 1 is 1.32 bits per heavy atom. The summed E-state index contributed by atoms with van der Waals surface area (Å²) in [5, 5.41) is 12.4. The minimum Gasteiger partial charge on any atom is -0.478 e. The monoisotopic (exact) mass is 270 g/mol. The first kappa shape index (κ1) is 13.1. The molecule has 4 nitrogen and oxygen atoms in total. The average Bonchev–Trinajstić information content (AvgIpc) is 2.73. The predicted octanol–water partition coefficient (Wildman–Crippen LogP) is 2.90. The summed E-state index contributed by atoms with van der Waals surface area (Å²) in [5.74, 6) is -1.66. The number of hydrogen-bond acceptors (Lipinski definition) is 2. The van der Waals surface area contributed by atoms with Crippen LogP contribution >= 0.6 is 0 Å². The molecule has 0 aliphatic rings. The molecule has 0 atom stereocenters. The van der Waals surface area contributed by atoms with Gasteiger partial charge < -0.3 is 5.11 Å². The number of carbonyl (C=O) groups is 1. The van der Waals surface area contributed by atoms with Crippen LogP contribution in [0.5, 0.6) is 0 Å². The summed E-state index contributed by atoms with van der Waals surface area (Å²) in [6.07, 6.45) is -4.09. The van der Waals surface area contributed by atoms with E-state index in [1.54, 1.807) is 25.1 Å². The summed E-state index contributed by atoms with van der Waals surface area (Å²) in [4.78, 5) is 10.8. The molecule has 0 unspecified atom stereocenters. The van der Waals surface area contributed by atoms with E-state index >= 15 is 0 Å². The number of aromatic nitrogens is 2. The number of aromatic carboxylic acids is 1. The summed E-state index contributed by atoms with van der Waals surface area (Å²) in [5.41, 5.74) is -1.39. The third-order valence-corrected chi connectivity index (χ3v) is 2.61. The molecule has 0 fully saturated rings. The quantitative estimate of drug-likeness (QED) is 0.912. The highest BCUT2D eigenvalue weighted by Gasteiger charge is 2.40. The fraction of sp³-hybridized carbons (Fsp3) is 0.167. The normalized spacial score (nSPS) is 11.6. The van der Waals surface area contributed by atoms with Crippen LogP contribution in [0.3, 0.4) is 0 Å². The van der Waals surface area contributed by atoms with Crippen molar-refractivity contribution in [1.82, 2.24) is 9.78 Å². The van der Waals surface area contributed by atoms with Gasteiger partial charge >= 0.3 is 12.1 Å². The van der Waals surface area contributed by atoms with Crippen molar-refractivity contribution >= 4 is 5.97 Å². The third-order valence-electron chi connectivity index (χ3n) is 2.61. The first-order chi connectivity index (χ1) is 8.82. The third kappa shape index (κ3) is 2.31. The maximum atomic E-state index is 13.0. The fourth-order valence-corrected chi connectivity index (χ4v) is 1.76.